The third-order valence-electron chi connectivity index (χ3n) is 5.94. The molecule has 1 fully saturated rings. The highest BCUT2D eigenvalue weighted by Gasteiger charge is 2.59. The van der Waals surface area contributed by atoms with Gasteiger partial charge in [-0.15, -0.1) is 11.8 Å². The monoisotopic (exact) mass is 481 g/mol. The van der Waals surface area contributed by atoms with Crippen LogP contribution in [0.2, 0.25) is 5.02 Å². The van der Waals surface area contributed by atoms with Crippen LogP contribution in [-0.2, 0) is 16.2 Å². The van der Waals surface area contributed by atoms with Gasteiger partial charge in [0.05, 0.1) is 12.2 Å². The summed E-state index contributed by atoms with van der Waals surface area (Å²) in [4.78, 5) is 29.5. The Balaban J connectivity index is 1.52. The Morgan fingerprint density at radius 1 is 1.12 bits per heavy atom. The van der Waals surface area contributed by atoms with Gasteiger partial charge < -0.3 is 10.2 Å². The number of anilines is 2. The Kier molecular flexibility index (Phi) is 5.54. The maximum atomic E-state index is 14.0. The maximum Gasteiger partial charge on any atom is 0.323 e. The van der Waals surface area contributed by atoms with Gasteiger partial charge in [0.25, 0.3) is 5.91 Å². The fourth-order valence-corrected chi connectivity index (χ4v) is 5.96. The molecule has 0 aromatic heterocycles. The van der Waals surface area contributed by atoms with Gasteiger partial charge in [-0.3, -0.25) is 9.69 Å². The lowest BCUT2D eigenvalue weighted by molar-refractivity contribution is -0.123. The Morgan fingerprint density at radius 2 is 1.85 bits per heavy atom. The molecule has 0 saturated carbocycles. The Labute approximate surface area is 200 Å². The van der Waals surface area contributed by atoms with Crippen LogP contribution in [0.15, 0.2) is 66.7 Å². The minimum atomic E-state index is -1.14. The molecule has 0 bridgehead atoms. The van der Waals surface area contributed by atoms with Crippen molar-refractivity contribution < 1.29 is 14.0 Å². The summed E-state index contributed by atoms with van der Waals surface area (Å²) in [6.45, 7) is 2.70. The number of amides is 3. The lowest BCUT2D eigenvalue weighted by Crippen LogP contribution is -2.51. The number of carbonyl (C=O) groups is 2. The quantitative estimate of drug-likeness (QED) is 0.517. The number of rotatable bonds is 3. The minimum absolute atomic E-state index is 0.166. The molecule has 5 rings (SSSR count). The first-order valence-electron chi connectivity index (χ1n) is 10.5. The molecule has 1 atom stereocenters. The molecule has 2 aliphatic heterocycles. The van der Waals surface area contributed by atoms with Crippen LogP contribution < -0.4 is 10.2 Å². The van der Waals surface area contributed by atoms with Crippen LogP contribution in [0.1, 0.15) is 16.7 Å². The molecule has 0 unspecified atom stereocenters. The zero-order valence-corrected chi connectivity index (χ0v) is 19.4. The van der Waals surface area contributed by atoms with Crippen LogP contribution in [0.3, 0.4) is 0 Å². The van der Waals surface area contributed by atoms with Gasteiger partial charge in [-0.25, -0.2) is 9.18 Å². The van der Waals surface area contributed by atoms with Gasteiger partial charge in [-0.1, -0.05) is 41.4 Å². The largest absolute Gasteiger partial charge is 0.323 e. The van der Waals surface area contributed by atoms with Crippen LogP contribution in [-0.4, -0.2) is 29.1 Å². The molecule has 8 heteroatoms. The summed E-state index contributed by atoms with van der Waals surface area (Å²) >= 11 is 7.43. The summed E-state index contributed by atoms with van der Waals surface area (Å²) < 4.78 is 13.4. The molecule has 168 valence electrons. The first-order valence-corrected chi connectivity index (χ1v) is 11.9. The number of hydrogen-bond acceptors (Lipinski definition) is 3. The van der Waals surface area contributed by atoms with Crippen molar-refractivity contribution in [1.29, 1.82) is 0 Å². The van der Waals surface area contributed by atoms with E-state index in [-0.39, 0.29) is 17.8 Å². The van der Waals surface area contributed by atoms with Crippen molar-refractivity contribution >= 4 is 46.7 Å². The number of nitrogens with one attached hydrogen (secondary N) is 1. The number of urea groups is 1. The Hall–Kier alpha value is -3.03. The van der Waals surface area contributed by atoms with Gasteiger partial charge >= 0.3 is 6.03 Å². The van der Waals surface area contributed by atoms with Crippen molar-refractivity contribution in [2.75, 3.05) is 22.5 Å². The van der Waals surface area contributed by atoms with Gasteiger partial charge in [-0.2, -0.15) is 0 Å². The number of fused-ring (bicyclic) bond motifs is 2. The van der Waals surface area contributed by atoms with Crippen LogP contribution in [0.5, 0.6) is 0 Å². The van der Waals surface area contributed by atoms with E-state index >= 15 is 0 Å². The number of carbonyl (C=O) groups excluding carboxylic acids is 2. The van der Waals surface area contributed by atoms with Crippen LogP contribution >= 0.6 is 23.4 Å². The smallest absolute Gasteiger partial charge is 0.308 e. The highest BCUT2D eigenvalue weighted by atomic mass is 35.5. The third-order valence-corrected chi connectivity index (χ3v) is 7.61. The van der Waals surface area contributed by atoms with Crippen molar-refractivity contribution in [3.63, 3.8) is 0 Å². The zero-order valence-electron chi connectivity index (χ0n) is 17.8. The molecule has 2 heterocycles. The molecule has 3 amide bonds. The molecule has 5 nitrogen and oxygen atoms in total. The van der Waals surface area contributed by atoms with Crippen molar-refractivity contribution in [3.8, 4) is 0 Å². The molecule has 0 aliphatic carbocycles. The minimum Gasteiger partial charge on any atom is -0.308 e. The molecule has 33 heavy (non-hydrogen) atoms. The highest BCUT2D eigenvalue weighted by Crippen LogP contribution is 2.54. The molecular weight excluding hydrogens is 461 g/mol. The number of nitrogens with zero attached hydrogens (tertiary/aromatic N) is 2. The van der Waals surface area contributed by atoms with E-state index in [1.807, 2.05) is 25.1 Å². The molecule has 2 aliphatic rings. The van der Waals surface area contributed by atoms with E-state index in [1.165, 1.54) is 23.9 Å². The second-order valence-electron chi connectivity index (χ2n) is 8.12. The average molecular weight is 482 g/mol. The predicted octanol–water partition coefficient (Wildman–Crippen LogP) is 5.77. The fraction of sp³-hybridized carbons (Fsp3) is 0.200. The van der Waals surface area contributed by atoms with Gasteiger partial charge in [0.2, 0.25) is 0 Å². The standard InChI is InChI=1S/C25H21ClFN3O2S/c1-16-2-11-22-21(14-16)25(23(31)29(22)15-17-3-7-19(27)8-4-17)30(12-13-33-25)24(32)28-20-9-5-18(26)6-10-20/h2-11,14H,12-13,15H2,1H3,(H,28,32)/t25-/m1/s1. The van der Waals surface area contributed by atoms with Crippen molar-refractivity contribution in [1.82, 2.24) is 4.90 Å². The molecule has 3 aromatic carbocycles. The summed E-state index contributed by atoms with van der Waals surface area (Å²) in [5.74, 6) is 0.147. The van der Waals surface area contributed by atoms with E-state index in [0.717, 1.165) is 22.4 Å². The fourth-order valence-electron chi connectivity index (χ4n) is 4.38. The average Bonchev–Trinajstić information content (AvgIpc) is 3.34. The highest BCUT2D eigenvalue weighted by molar-refractivity contribution is 8.01. The van der Waals surface area contributed by atoms with Crippen molar-refractivity contribution in [2.24, 2.45) is 0 Å². The molecule has 0 radical (unpaired) electrons. The van der Waals surface area contributed by atoms with Crippen molar-refractivity contribution in [3.05, 3.63) is 94.3 Å². The Bertz CT molecular complexity index is 1240. The predicted molar refractivity (Wildman–Crippen MR) is 130 cm³/mol. The summed E-state index contributed by atoms with van der Waals surface area (Å²) in [7, 11) is 0. The first kappa shape index (κ1) is 21.8. The van der Waals surface area contributed by atoms with Gasteiger partial charge in [0.15, 0.2) is 4.87 Å². The zero-order chi connectivity index (χ0) is 23.2. The second kappa shape index (κ2) is 8.39. The van der Waals surface area contributed by atoms with E-state index < -0.39 is 4.87 Å². The van der Waals surface area contributed by atoms with Crippen LogP contribution in [0, 0.1) is 12.7 Å². The van der Waals surface area contributed by atoms with Crippen molar-refractivity contribution in [2.45, 2.75) is 18.3 Å². The summed E-state index contributed by atoms with van der Waals surface area (Å²) in [5, 5.41) is 3.48. The van der Waals surface area contributed by atoms with E-state index in [1.54, 1.807) is 46.2 Å². The van der Waals surface area contributed by atoms with Gasteiger partial charge in [0.1, 0.15) is 5.82 Å². The van der Waals surface area contributed by atoms with E-state index in [0.29, 0.717) is 29.6 Å². The molecule has 1 spiro atoms. The third kappa shape index (κ3) is 3.75. The van der Waals surface area contributed by atoms with Crippen LogP contribution in [0.4, 0.5) is 20.6 Å². The Morgan fingerprint density at radius 3 is 2.58 bits per heavy atom. The maximum absolute atomic E-state index is 14.0. The molecule has 1 saturated heterocycles. The number of benzene rings is 3. The van der Waals surface area contributed by atoms with Gasteiger partial charge in [-0.05, 0) is 55.0 Å². The summed E-state index contributed by atoms with van der Waals surface area (Å²) in [6.07, 6.45) is 0. The summed E-state index contributed by atoms with van der Waals surface area (Å²) in [6, 6.07) is 18.5. The van der Waals surface area contributed by atoms with Crippen LogP contribution in [0.25, 0.3) is 0 Å². The number of halogens is 2. The summed E-state index contributed by atoms with van der Waals surface area (Å²) in [5.41, 5.74) is 4.01. The van der Waals surface area contributed by atoms with E-state index in [2.05, 4.69) is 5.32 Å². The number of thioether (sulfide) groups is 1. The SMILES string of the molecule is Cc1ccc2c(c1)[C@@]1(SCCN1C(=O)Nc1ccc(Cl)cc1)C(=O)N2Cc1ccc(F)cc1. The number of hydrogen-bond donors (Lipinski definition) is 1. The van der Waals surface area contributed by atoms with E-state index in [9.17, 15) is 14.0 Å². The normalized spacial score (nSPS) is 19.3. The van der Waals surface area contributed by atoms with E-state index in [4.69, 9.17) is 11.6 Å². The molecule has 1 N–H and O–H groups in total. The first-order chi connectivity index (χ1) is 15.9. The molecule has 3 aromatic rings. The lowest BCUT2D eigenvalue weighted by atomic mass is 10.0. The molecular formula is C25H21ClFN3O2S. The number of aryl methyl sites for hydroxylation is 1. The van der Waals surface area contributed by atoms with Gasteiger partial charge in [0, 0.05) is 28.6 Å². The topological polar surface area (TPSA) is 52.7 Å². The second-order valence-corrected chi connectivity index (χ2v) is 9.84. The lowest BCUT2D eigenvalue weighted by Gasteiger charge is -2.33.